The van der Waals surface area contributed by atoms with Crippen LogP contribution >= 0.6 is 39.7 Å². The molecular formula is C14H9BrClFN2OS. The van der Waals surface area contributed by atoms with E-state index in [1.807, 2.05) is 0 Å². The Balaban J connectivity index is 2.31. The first kappa shape index (κ1) is 15.9. The highest BCUT2D eigenvalue weighted by molar-refractivity contribution is 9.10. The van der Waals surface area contributed by atoms with E-state index < -0.39 is 11.7 Å². The summed E-state index contributed by atoms with van der Waals surface area (Å²) in [6.07, 6.45) is 0. The molecule has 0 heterocycles. The number of rotatable bonds is 3. The summed E-state index contributed by atoms with van der Waals surface area (Å²) in [5.41, 5.74) is 6.63. The van der Waals surface area contributed by atoms with Gasteiger partial charge in [-0.3, -0.25) is 4.79 Å². The van der Waals surface area contributed by atoms with Gasteiger partial charge in [-0.25, -0.2) is 4.39 Å². The Morgan fingerprint density at radius 3 is 2.57 bits per heavy atom. The average Bonchev–Trinajstić information content (AvgIpc) is 2.39. The first-order valence-electron chi connectivity index (χ1n) is 5.73. The quantitative estimate of drug-likeness (QED) is 0.779. The summed E-state index contributed by atoms with van der Waals surface area (Å²) in [6, 6.07) is 8.69. The van der Waals surface area contributed by atoms with Crippen molar-refractivity contribution in [3.63, 3.8) is 0 Å². The highest BCUT2D eigenvalue weighted by Crippen LogP contribution is 2.24. The molecule has 1 amide bonds. The summed E-state index contributed by atoms with van der Waals surface area (Å²) in [7, 11) is 0. The molecule has 0 saturated heterocycles. The molecule has 0 atom stereocenters. The number of nitrogens with two attached hydrogens (primary N) is 1. The Morgan fingerprint density at radius 1 is 1.24 bits per heavy atom. The van der Waals surface area contributed by atoms with E-state index in [1.54, 1.807) is 18.2 Å². The van der Waals surface area contributed by atoms with Gasteiger partial charge in [-0.2, -0.15) is 0 Å². The average molecular weight is 388 g/mol. The fourth-order valence-corrected chi connectivity index (χ4v) is 2.41. The molecule has 0 unspecified atom stereocenters. The molecule has 2 aromatic carbocycles. The number of hydrogen-bond acceptors (Lipinski definition) is 2. The Morgan fingerprint density at radius 2 is 1.95 bits per heavy atom. The molecule has 0 bridgehead atoms. The van der Waals surface area contributed by atoms with Gasteiger partial charge in [0, 0.05) is 15.6 Å². The molecule has 2 rings (SSSR count). The molecule has 108 valence electrons. The summed E-state index contributed by atoms with van der Waals surface area (Å²) >= 11 is 14.0. The number of benzene rings is 2. The van der Waals surface area contributed by atoms with E-state index in [0.717, 1.165) is 6.07 Å². The van der Waals surface area contributed by atoms with E-state index in [0.29, 0.717) is 20.7 Å². The molecule has 0 aliphatic heterocycles. The van der Waals surface area contributed by atoms with Gasteiger partial charge in [0.15, 0.2) is 0 Å². The minimum atomic E-state index is -0.516. The van der Waals surface area contributed by atoms with Crippen LogP contribution < -0.4 is 11.1 Å². The van der Waals surface area contributed by atoms with Crippen LogP contribution in [0.1, 0.15) is 15.9 Å². The largest absolute Gasteiger partial charge is 0.389 e. The molecule has 7 heteroatoms. The third kappa shape index (κ3) is 4.00. The fraction of sp³-hybridized carbons (Fsp3) is 0. The van der Waals surface area contributed by atoms with Crippen molar-refractivity contribution in [1.29, 1.82) is 0 Å². The maximum Gasteiger partial charge on any atom is 0.255 e. The fourth-order valence-electron chi connectivity index (χ4n) is 1.65. The minimum Gasteiger partial charge on any atom is -0.389 e. The molecule has 0 spiro atoms. The van der Waals surface area contributed by atoms with Gasteiger partial charge >= 0.3 is 0 Å². The van der Waals surface area contributed by atoms with Crippen LogP contribution in [0.4, 0.5) is 10.1 Å². The van der Waals surface area contributed by atoms with Crippen molar-refractivity contribution in [3.8, 4) is 0 Å². The van der Waals surface area contributed by atoms with Crippen molar-refractivity contribution in [3.05, 3.63) is 62.8 Å². The van der Waals surface area contributed by atoms with Crippen LogP contribution in [0.25, 0.3) is 0 Å². The highest BCUT2D eigenvalue weighted by atomic mass is 79.9. The van der Waals surface area contributed by atoms with Crippen LogP contribution in [-0.4, -0.2) is 10.9 Å². The van der Waals surface area contributed by atoms with E-state index in [4.69, 9.17) is 29.6 Å². The molecule has 3 nitrogen and oxygen atoms in total. The second kappa shape index (κ2) is 6.51. The van der Waals surface area contributed by atoms with Crippen LogP contribution in [0.15, 0.2) is 40.9 Å². The molecular weight excluding hydrogens is 379 g/mol. The van der Waals surface area contributed by atoms with Gasteiger partial charge in [0.25, 0.3) is 5.91 Å². The van der Waals surface area contributed by atoms with E-state index in [9.17, 15) is 9.18 Å². The zero-order chi connectivity index (χ0) is 15.6. The molecule has 0 saturated carbocycles. The van der Waals surface area contributed by atoms with Gasteiger partial charge in [-0.15, -0.1) is 0 Å². The number of amides is 1. The Labute approximate surface area is 139 Å². The first-order valence-corrected chi connectivity index (χ1v) is 7.31. The lowest BCUT2D eigenvalue weighted by Crippen LogP contribution is -2.14. The maximum absolute atomic E-state index is 13.3. The second-order valence-corrected chi connectivity index (χ2v) is 5.93. The predicted molar refractivity (Wildman–Crippen MR) is 89.4 cm³/mol. The van der Waals surface area contributed by atoms with Gasteiger partial charge in [0.2, 0.25) is 0 Å². The number of carbonyl (C=O) groups excluding carboxylic acids is 1. The van der Waals surface area contributed by atoms with Crippen molar-refractivity contribution in [2.45, 2.75) is 0 Å². The lowest BCUT2D eigenvalue weighted by molar-refractivity contribution is 0.102. The molecule has 2 aromatic rings. The molecule has 0 aliphatic rings. The SMILES string of the molecule is NC(=S)c1ccc(Cl)c(NC(=O)c2cc(F)cc(Br)c2)c1. The number of carbonyl (C=O) groups is 1. The molecule has 21 heavy (non-hydrogen) atoms. The van der Waals surface area contributed by atoms with Gasteiger partial charge < -0.3 is 11.1 Å². The number of halogens is 3. The van der Waals surface area contributed by atoms with Gasteiger partial charge in [-0.05, 0) is 30.3 Å². The highest BCUT2D eigenvalue weighted by Gasteiger charge is 2.11. The first-order chi connectivity index (χ1) is 9.86. The van der Waals surface area contributed by atoms with E-state index in [2.05, 4.69) is 21.2 Å². The second-order valence-electron chi connectivity index (χ2n) is 4.17. The lowest BCUT2D eigenvalue weighted by Gasteiger charge is -2.09. The molecule has 0 radical (unpaired) electrons. The Hall–Kier alpha value is -1.50. The minimum absolute atomic E-state index is 0.165. The molecule has 0 fully saturated rings. The predicted octanol–water partition coefficient (Wildman–Crippen LogP) is 4.13. The number of nitrogens with one attached hydrogen (secondary N) is 1. The third-order valence-electron chi connectivity index (χ3n) is 2.62. The van der Waals surface area contributed by atoms with Gasteiger partial charge in [-0.1, -0.05) is 45.8 Å². The summed E-state index contributed by atoms with van der Waals surface area (Å²) in [5.74, 6) is -1.00. The normalized spacial score (nSPS) is 10.2. The third-order valence-corrected chi connectivity index (χ3v) is 3.65. The van der Waals surface area contributed by atoms with Crippen molar-refractivity contribution in [2.75, 3.05) is 5.32 Å². The van der Waals surface area contributed by atoms with Crippen LogP contribution in [0, 0.1) is 5.82 Å². The Bertz CT molecular complexity index is 719. The van der Waals surface area contributed by atoms with Crippen molar-refractivity contribution < 1.29 is 9.18 Å². The number of anilines is 1. The number of hydrogen-bond donors (Lipinski definition) is 2. The van der Waals surface area contributed by atoms with Crippen molar-refractivity contribution in [1.82, 2.24) is 0 Å². The Kier molecular flexibility index (Phi) is 4.92. The topological polar surface area (TPSA) is 55.1 Å². The summed E-state index contributed by atoms with van der Waals surface area (Å²) < 4.78 is 13.8. The van der Waals surface area contributed by atoms with Crippen LogP contribution in [-0.2, 0) is 0 Å². The smallest absolute Gasteiger partial charge is 0.255 e. The zero-order valence-corrected chi connectivity index (χ0v) is 13.7. The van der Waals surface area contributed by atoms with E-state index >= 15 is 0 Å². The summed E-state index contributed by atoms with van der Waals surface area (Å²) in [5, 5.41) is 2.93. The van der Waals surface area contributed by atoms with E-state index in [-0.39, 0.29) is 10.6 Å². The standard InChI is InChI=1S/C14H9BrClFN2OS/c15-9-3-8(4-10(17)6-9)14(20)19-12-5-7(13(18)21)1-2-11(12)16/h1-6H,(H2,18,21)(H,19,20). The molecule has 3 N–H and O–H groups in total. The number of thiocarbonyl (C=S) groups is 1. The summed E-state index contributed by atoms with van der Waals surface area (Å²) in [6.45, 7) is 0. The van der Waals surface area contributed by atoms with Crippen LogP contribution in [0.5, 0.6) is 0 Å². The lowest BCUT2D eigenvalue weighted by atomic mass is 10.1. The van der Waals surface area contributed by atoms with Crippen LogP contribution in [0.3, 0.4) is 0 Å². The zero-order valence-electron chi connectivity index (χ0n) is 10.5. The van der Waals surface area contributed by atoms with Crippen molar-refractivity contribution >= 4 is 56.3 Å². The van der Waals surface area contributed by atoms with Crippen molar-refractivity contribution in [2.24, 2.45) is 5.73 Å². The summed E-state index contributed by atoms with van der Waals surface area (Å²) in [4.78, 5) is 12.3. The monoisotopic (exact) mass is 386 g/mol. The molecule has 0 aliphatic carbocycles. The van der Waals surface area contributed by atoms with Gasteiger partial charge in [0.1, 0.15) is 10.8 Å². The van der Waals surface area contributed by atoms with Gasteiger partial charge in [0.05, 0.1) is 10.7 Å². The van der Waals surface area contributed by atoms with Crippen LogP contribution in [0.2, 0.25) is 5.02 Å². The van der Waals surface area contributed by atoms with E-state index in [1.165, 1.54) is 12.1 Å². The molecule has 0 aromatic heterocycles. The maximum atomic E-state index is 13.3.